The van der Waals surface area contributed by atoms with Crippen molar-refractivity contribution in [2.24, 2.45) is 46.3 Å². The van der Waals surface area contributed by atoms with E-state index in [1.807, 2.05) is 13.8 Å². The average Bonchev–Trinajstić information content (AvgIpc) is 3.26. The highest BCUT2D eigenvalue weighted by atomic mass is 16.6. The molecule has 1 N–H and O–H groups in total. The molecule has 3 nitrogen and oxygen atoms in total. The van der Waals surface area contributed by atoms with E-state index in [1.165, 1.54) is 57.4 Å². The number of ether oxygens (including phenoxy) is 1. The second-order valence-corrected chi connectivity index (χ2v) is 12.9. The number of carbonyl (C=O) groups excluding carboxylic acids is 1. The highest BCUT2D eigenvalue weighted by Crippen LogP contribution is 2.70. The molecule has 4 aliphatic carbocycles. The van der Waals surface area contributed by atoms with Crippen molar-refractivity contribution in [2.75, 3.05) is 6.61 Å². The van der Waals surface area contributed by atoms with Crippen LogP contribution in [0, 0.1) is 46.3 Å². The third-order valence-corrected chi connectivity index (χ3v) is 10.8. The summed E-state index contributed by atoms with van der Waals surface area (Å²) in [5, 5.41) is 10.4. The van der Waals surface area contributed by atoms with Crippen LogP contribution in [-0.2, 0) is 9.53 Å². The van der Waals surface area contributed by atoms with Gasteiger partial charge in [-0.25, -0.2) is 0 Å². The standard InChI is InChI=1S/C31H48O3/c1-20(10-11-21(2)29(5,6)34-23(4)33)27-14-15-28-24(9-8-16-30(27,28)7)17-26(19-32)31-18-25(31)13-12-22(31)3/h10-11,17,20-21,25-28,32H,3,8-9,12-16,18-19H2,1-2,4-7H3/b11-10+,24-17+/t20-,21+,25-,26+,27-,28+,30-,31+/m1/s1. The molecule has 0 heterocycles. The minimum atomic E-state index is -0.492. The van der Waals surface area contributed by atoms with Crippen LogP contribution < -0.4 is 0 Å². The lowest BCUT2D eigenvalue weighted by Crippen LogP contribution is -2.36. The molecule has 0 aromatic heterocycles. The molecule has 0 aliphatic heterocycles. The van der Waals surface area contributed by atoms with E-state index >= 15 is 0 Å². The summed E-state index contributed by atoms with van der Waals surface area (Å²) < 4.78 is 5.56. The number of hydrogen-bond acceptors (Lipinski definition) is 3. The molecule has 3 heteroatoms. The van der Waals surface area contributed by atoms with Crippen LogP contribution >= 0.6 is 0 Å². The van der Waals surface area contributed by atoms with Crippen molar-refractivity contribution in [1.29, 1.82) is 0 Å². The summed E-state index contributed by atoms with van der Waals surface area (Å²) in [7, 11) is 0. The van der Waals surface area contributed by atoms with E-state index in [4.69, 9.17) is 4.74 Å². The fraction of sp³-hybridized carbons (Fsp3) is 0.774. The molecule has 4 fully saturated rings. The summed E-state index contributed by atoms with van der Waals surface area (Å²) in [5.74, 6) is 2.80. The lowest BCUT2D eigenvalue weighted by molar-refractivity contribution is -0.156. The average molecular weight is 469 g/mol. The Morgan fingerprint density at radius 3 is 2.56 bits per heavy atom. The molecule has 0 amide bonds. The molecule has 0 radical (unpaired) electrons. The summed E-state index contributed by atoms with van der Waals surface area (Å²) >= 11 is 0. The molecule has 0 bridgehead atoms. The van der Waals surface area contributed by atoms with Crippen LogP contribution in [0.4, 0.5) is 0 Å². The zero-order valence-corrected chi connectivity index (χ0v) is 22.5. The van der Waals surface area contributed by atoms with Gasteiger partial charge in [-0.15, -0.1) is 0 Å². The lowest BCUT2D eigenvalue weighted by atomic mass is 9.60. The van der Waals surface area contributed by atoms with Gasteiger partial charge in [-0.1, -0.05) is 56.7 Å². The Morgan fingerprint density at radius 2 is 1.97 bits per heavy atom. The Kier molecular flexibility index (Phi) is 7.01. The van der Waals surface area contributed by atoms with Crippen molar-refractivity contribution in [2.45, 2.75) is 98.5 Å². The number of rotatable bonds is 8. The fourth-order valence-electron chi connectivity index (χ4n) is 8.38. The summed E-state index contributed by atoms with van der Waals surface area (Å²) in [4.78, 5) is 11.5. The Labute approximate surface area is 208 Å². The van der Waals surface area contributed by atoms with E-state index in [0.717, 1.165) is 12.3 Å². The van der Waals surface area contributed by atoms with Gasteiger partial charge in [0.05, 0.1) is 6.61 Å². The maximum Gasteiger partial charge on any atom is 0.303 e. The quantitative estimate of drug-likeness (QED) is 0.301. The van der Waals surface area contributed by atoms with Crippen LogP contribution in [0.15, 0.2) is 36.0 Å². The Hall–Kier alpha value is -1.35. The smallest absolute Gasteiger partial charge is 0.303 e. The molecular formula is C31H48O3. The highest BCUT2D eigenvalue weighted by Gasteiger charge is 2.62. The first-order valence-electron chi connectivity index (χ1n) is 13.8. The van der Waals surface area contributed by atoms with Crippen LogP contribution in [0.5, 0.6) is 0 Å². The molecule has 4 aliphatic rings. The van der Waals surface area contributed by atoms with Gasteiger partial charge in [-0.3, -0.25) is 4.79 Å². The molecule has 8 atom stereocenters. The van der Waals surface area contributed by atoms with E-state index in [0.29, 0.717) is 23.2 Å². The van der Waals surface area contributed by atoms with Crippen molar-refractivity contribution in [1.82, 2.24) is 0 Å². The van der Waals surface area contributed by atoms with E-state index in [1.54, 1.807) is 5.57 Å². The minimum absolute atomic E-state index is 0.168. The predicted octanol–water partition coefficient (Wildman–Crippen LogP) is 7.26. The van der Waals surface area contributed by atoms with Gasteiger partial charge in [0.2, 0.25) is 0 Å². The van der Waals surface area contributed by atoms with Gasteiger partial charge in [0.25, 0.3) is 0 Å². The minimum Gasteiger partial charge on any atom is -0.459 e. The van der Waals surface area contributed by atoms with Crippen molar-refractivity contribution in [3.63, 3.8) is 0 Å². The van der Waals surface area contributed by atoms with Gasteiger partial charge < -0.3 is 9.84 Å². The maximum atomic E-state index is 11.5. The summed E-state index contributed by atoms with van der Waals surface area (Å²) in [6.45, 7) is 17.2. The molecule has 0 aromatic carbocycles. The van der Waals surface area contributed by atoms with Crippen molar-refractivity contribution >= 4 is 5.97 Å². The molecule has 4 saturated carbocycles. The molecule has 4 rings (SSSR count). The van der Waals surface area contributed by atoms with Gasteiger partial charge in [0.15, 0.2) is 0 Å². The largest absolute Gasteiger partial charge is 0.459 e. The van der Waals surface area contributed by atoms with Gasteiger partial charge in [0.1, 0.15) is 5.60 Å². The molecule has 190 valence electrons. The monoisotopic (exact) mass is 468 g/mol. The second kappa shape index (κ2) is 9.26. The van der Waals surface area contributed by atoms with Crippen molar-refractivity contribution in [3.8, 4) is 0 Å². The normalized spacial score (nSPS) is 39.1. The van der Waals surface area contributed by atoms with Crippen LogP contribution in [0.3, 0.4) is 0 Å². The van der Waals surface area contributed by atoms with E-state index in [-0.39, 0.29) is 29.8 Å². The van der Waals surface area contributed by atoms with Crippen LogP contribution in [0.1, 0.15) is 92.9 Å². The van der Waals surface area contributed by atoms with Crippen LogP contribution in [-0.4, -0.2) is 23.3 Å². The third-order valence-electron chi connectivity index (χ3n) is 10.8. The Morgan fingerprint density at radius 1 is 1.24 bits per heavy atom. The number of carbonyl (C=O) groups is 1. The van der Waals surface area contributed by atoms with E-state index < -0.39 is 5.60 Å². The van der Waals surface area contributed by atoms with Gasteiger partial charge in [-0.2, -0.15) is 0 Å². The number of esters is 1. The first-order chi connectivity index (χ1) is 16.0. The number of aliphatic hydroxyl groups excluding tert-OH is 1. The van der Waals surface area contributed by atoms with E-state index in [9.17, 15) is 9.90 Å². The first-order valence-corrected chi connectivity index (χ1v) is 13.8. The second-order valence-electron chi connectivity index (χ2n) is 12.9. The molecule has 0 saturated heterocycles. The molecule has 34 heavy (non-hydrogen) atoms. The number of hydrogen-bond donors (Lipinski definition) is 1. The predicted molar refractivity (Wildman–Crippen MR) is 139 cm³/mol. The number of aliphatic hydroxyl groups is 1. The summed E-state index contributed by atoms with van der Waals surface area (Å²) in [5.41, 5.74) is 3.09. The number of fused-ring (bicyclic) bond motifs is 2. The molecule has 0 unspecified atom stereocenters. The Balaban J connectivity index is 1.48. The number of allylic oxidation sites excluding steroid dienone is 3. The van der Waals surface area contributed by atoms with Gasteiger partial charge >= 0.3 is 5.97 Å². The van der Waals surface area contributed by atoms with Gasteiger partial charge in [0, 0.05) is 24.2 Å². The molecule has 0 spiro atoms. The summed E-state index contributed by atoms with van der Waals surface area (Å²) in [6.07, 6.45) is 17.2. The van der Waals surface area contributed by atoms with E-state index in [2.05, 4.69) is 45.6 Å². The SMILES string of the molecule is C=C1CC[C@@H]2C[C@]12[C@@H](/C=C1\CCC[C@]2(C)[C@@H]([C@H](C)/C=C/[C@H](C)C(C)(C)OC(C)=O)CC[C@@H]12)CO. The lowest BCUT2D eigenvalue weighted by Gasteiger charge is -2.44. The maximum absolute atomic E-state index is 11.5. The van der Waals surface area contributed by atoms with Crippen LogP contribution in [0.2, 0.25) is 0 Å². The zero-order valence-electron chi connectivity index (χ0n) is 22.5. The van der Waals surface area contributed by atoms with Gasteiger partial charge in [-0.05, 0) is 94.3 Å². The van der Waals surface area contributed by atoms with Crippen molar-refractivity contribution in [3.05, 3.63) is 36.0 Å². The highest BCUT2D eigenvalue weighted by molar-refractivity contribution is 5.66. The fourth-order valence-corrected chi connectivity index (χ4v) is 8.38. The van der Waals surface area contributed by atoms with Crippen molar-refractivity contribution < 1.29 is 14.6 Å². The molecule has 0 aromatic rings. The Bertz CT molecular complexity index is 866. The topological polar surface area (TPSA) is 46.5 Å². The summed E-state index contributed by atoms with van der Waals surface area (Å²) in [6, 6.07) is 0. The molecular weight excluding hydrogens is 420 g/mol. The third kappa shape index (κ3) is 4.36. The first kappa shape index (κ1) is 25.7. The zero-order chi connectivity index (χ0) is 24.9. The van der Waals surface area contributed by atoms with Crippen LogP contribution in [0.25, 0.3) is 0 Å².